The first kappa shape index (κ1) is 24.6. The quantitative estimate of drug-likeness (QED) is 0.274. The van der Waals surface area contributed by atoms with E-state index in [1.54, 1.807) is 42.7 Å². The molecule has 4 N–H and O–H groups in total. The monoisotopic (exact) mass is 457 g/mol. The number of benzene rings is 2. The first-order chi connectivity index (χ1) is 16.6. The molecule has 176 valence electrons. The van der Waals surface area contributed by atoms with Crippen LogP contribution >= 0.6 is 0 Å². The highest BCUT2D eigenvalue weighted by Gasteiger charge is 2.16. The number of nitrogens with two attached hydrogens (primary N) is 1. The smallest absolute Gasteiger partial charge is 0.251 e. The summed E-state index contributed by atoms with van der Waals surface area (Å²) in [5, 5.41) is 6.03. The van der Waals surface area contributed by atoms with E-state index in [0.29, 0.717) is 28.5 Å². The van der Waals surface area contributed by atoms with Gasteiger partial charge in [-0.25, -0.2) is 4.98 Å². The molecule has 1 aliphatic carbocycles. The first-order valence-electron chi connectivity index (χ1n) is 11.5. The van der Waals surface area contributed by atoms with Crippen LogP contribution in [-0.4, -0.2) is 36.5 Å². The largest absolute Gasteiger partial charge is 0.397 e. The molecule has 0 aliphatic heterocycles. The molecule has 0 atom stereocenters. The zero-order valence-electron chi connectivity index (χ0n) is 19.4. The number of pyridine rings is 1. The van der Waals surface area contributed by atoms with Crippen LogP contribution in [0, 0.1) is 0 Å². The van der Waals surface area contributed by atoms with Gasteiger partial charge in [0.05, 0.1) is 11.4 Å². The molecule has 1 amide bonds. The van der Waals surface area contributed by atoms with Crippen molar-refractivity contribution in [2.45, 2.75) is 38.1 Å². The fourth-order valence-electron chi connectivity index (χ4n) is 3.64. The van der Waals surface area contributed by atoms with Crippen LogP contribution in [0.2, 0.25) is 0 Å². The topological polar surface area (TPSA) is 109 Å². The van der Waals surface area contributed by atoms with Crippen LogP contribution in [0.25, 0.3) is 0 Å². The number of nitrogen functional groups attached to an aromatic ring is 1. The lowest BCUT2D eigenvalue weighted by Gasteiger charge is -2.22. The highest BCUT2D eigenvalue weighted by atomic mass is 16.1. The number of amides is 1. The summed E-state index contributed by atoms with van der Waals surface area (Å²) < 4.78 is 0. The van der Waals surface area contributed by atoms with Gasteiger partial charge in [-0.2, -0.15) is 0 Å². The van der Waals surface area contributed by atoms with Crippen molar-refractivity contribution < 1.29 is 9.59 Å². The van der Waals surface area contributed by atoms with Gasteiger partial charge in [-0.1, -0.05) is 37.5 Å². The maximum atomic E-state index is 12.3. The van der Waals surface area contributed by atoms with Crippen molar-refractivity contribution in [1.29, 1.82) is 0 Å². The van der Waals surface area contributed by atoms with Crippen molar-refractivity contribution in [3.8, 4) is 0 Å². The van der Waals surface area contributed by atoms with E-state index in [0.717, 1.165) is 30.5 Å². The molecule has 1 aliphatic rings. The van der Waals surface area contributed by atoms with Gasteiger partial charge in [0.2, 0.25) is 0 Å². The SMILES string of the molecule is CNc1ccccn1.Nc1ccc(C=O)cc1N=Cc1ccc(C(=O)NC2CCCCC2)cc1. The van der Waals surface area contributed by atoms with Gasteiger partial charge in [-0.3, -0.25) is 14.6 Å². The lowest BCUT2D eigenvalue weighted by molar-refractivity contribution is 0.0927. The van der Waals surface area contributed by atoms with Gasteiger partial charge in [-0.15, -0.1) is 0 Å². The Kier molecular flexibility index (Phi) is 9.34. The van der Waals surface area contributed by atoms with Crippen molar-refractivity contribution in [2.75, 3.05) is 18.1 Å². The molecule has 34 heavy (non-hydrogen) atoms. The predicted octanol–water partition coefficient (Wildman–Crippen LogP) is 5.02. The maximum absolute atomic E-state index is 12.3. The molecule has 7 heteroatoms. The Morgan fingerprint density at radius 2 is 1.76 bits per heavy atom. The van der Waals surface area contributed by atoms with Gasteiger partial charge in [-0.05, 0) is 60.9 Å². The number of rotatable bonds is 6. The van der Waals surface area contributed by atoms with Crippen molar-refractivity contribution in [3.63, 3.8) is 0 Å². The average molecular weight is 458 g/mol. The van der Waals surface area contributed by atoms with Crippen LogP contribution in [0.3, 0.4) is 0 Å². The molecule has 7 nitrogen and oxygen atoms in total. The number of nitrogens with zero attached hydrogens (tertiary/aromatic N) is 2. The summed E-state index contributed by atoms with van der Waals surface area (Å²) in [6.45, 7) is 0. The Bertz CT molecular complexity index is 1090. The number of hydrogen-bond acceptors (Lipinski definition) is 6. The molecule has 1 saturated carbocycles. The highest BCUT2D eigenvalue weighted by Crippen LogP contribution is 2.22. The Hall–Kier alpha value is -4.00. The molecule has 3 aromatic rings. The summed E-state index contributed by atoms with van der Waals surface area (Å²) in [6.07, 6.45) is 9.97. The van der Waals surface area contributed by atoms with Crippen LogP contribution in [0.15, 0.2) is 71.9 Å². The Morgan fingerprint density at radius 3 is 2.38 bits per heavy atom. The molecule has 1 aromatic heterocycles. The summed E-state index contributed by atoms with van der Waals surface area (Å²) in [7, 11) is 1.85. The third kappa shape index (κ3) is 7.55. The molecule has 4 rings (SSSR count). The molecule has 1 fully saturated rings. The van der Waals surface area contributed by atoms with E-state index in [-0.39, 0.29) is 5.91 Å². The second-order valence-electron chi connectivity index (χ2n) is 8.09. The number of carbonyl (C=O) groups is 2. The third-order valence-electron chi connectivity index (χ3n) is 5.58. The fraction of sp³-hybridized carbons (Fsp3) is 0.259. The molecular weight excluding hydrogens is 426 g/mol. The van der Waals surface area contributed by atoms with Gasteiger partial charge >= 0.3 is 0 Å². The van der Waals surface area contributed by atoms with Gasteiger partial charge in [0, 0.05) is 36.6 Å². The number of anilines is 2. The Morgan fingerprint density at radius 1 is 1.03 bits per heavy atom. The van der Waals surface area contributed by atoms with Gasteiger partial charge < -0.3 is 16.4 Å². The van der Waals surface area contributed by atoms with Crippen molar-refractivity contribution in [2.24, 2.45) is 4.99 Å². The lowest BCUT2D eigenvalue weighted by atomic mass is 9.95. The summed E-state index contributed by atoms with van der Waals surface area (Å²) in [5.74, 6) is 0.885. The number of aldehydes is 1. The number of aliphatic imine (C=N–C) groups is 1. The van der Waals surface area contributed by atoms with Crippen LogP contribution < -0.4 is 16.4 Å². The second kappa shape index (κ2) is 12.9. The summed E-state index contributed by atoms with van der Waals surface area (Å²) >= 11 is 0. The molecule has 1 heterocycles. The minimum absolute atomic E-state index is 0.0247. The van der Waals surface area contributed by atoms with Crippen LogP contribution in [0.4, 0.5) is 17.2 Å². The zero-order valence-corrected chi connectivity index (χ0v) is 19.4. The number of hydrogen-bond donors (Lipinski definition) is 3. The van der Waals surface area contributed by atoms with E-state index in [9.17, 15) is 9.59 Å². The van der Waals surface area contributed by atoms with E-state index in [1.165, 1.54) is 19.3 Å². The highest BCUT2D eigenvalue weighted by molar-refractivity contribution is 5.95. The molecule has 0 radical (unpaired) electrons. The number of aromatic nitrogens is 1. The molecule has 0 bridgehead atoms. The second-order valence-corrected chi connectivity index (χ2v) is 8.09. The fourth-order valence-corrected chi connectivity index (χ4v) is 3.64. The van der Waals surface area contributed by atoms with Crippen LogP contribution in [0.1, 0.15) is 58.4 Å². The minimum Gasteiger partial charge on any atom is -0.397 e. The zero-order chi connectivity index (χ0) is 24.2. The van der Waals surface area contributed by atoms with E-state index >= 15 is 0 Å². The van der Waals surface area contributed by atoms with E-state index in [4.69, 9.17) is 5.73 Å². The van der Waals surface area contributed by atoms with Crippen molar-refractivity contribution >= 4 is 35.6 Å². The molecular formula is C27H31N5O2. The number of carbonyl (C=O) groups excluding carboxylic acids is 2. The van der Waals surface area contributed by atoms with E-state index < -0.39 is 0 Å². The van der Waals surface area contributed by atoms with Crippen LogP contribution in [0.5, 0.6) is 0 Å². The van der Waals surface area contributed by atoms with E-state index in [2.05, 4.69) is 20.6 Å². The Labute approximate surface area is 200 Å². The molecule has 2 aromatic carbocycles. The first-order valence-corrected chi connectivity index (χ1v) is 11.5. The van der Waals surface area contributed by atoms with E-state index in [1.807, 2.05) is 37.4 Å². The average Bonchev–Trinajstić information content (AvgIpc) is 2.90. The standard InChI is InChI=1S/C21H23N3O2.C6H8N2/c22-19-11-8-16(14-25)12-20(19)23-13-15-6-9-17(10-7-15)21(26)24-18-4-2-1-3-5-18;1-7-6-4-2-3-5-8-6/h6-14,18H,1-5,22H2,(H,24,26);2-5H,1H3,(H,7,8). The summed E-state index contributed by atoms with van der Waals surface area (Å²) in [6, 6.07) is 18.3. The molecule has 0 spiro atoms. The maximum Gasteiger partial charge on any atom is 0.251 e. The number of nitrogens with one attached hydrogen (secondary N) is 2. The Balaban J connectivity index is 0.000000343. The summed E-state index contributed by atoms with van der Waals surface area (Å²) in [5.41, 5.74) is 8.97. The lowest BCUT2D eigenvalue weighted by Crippen LogP contribution is -2.36. The normalized spacial score (nSPS) is 13.6. The van der Waals surface area contributed by atoms with Crippen molar-refractivity contribution in [3.05, 3.63) is 83.6 Å². The van der Waals surface area contributed by atoms with Crippen molar-refractivity contribution in [1.82, 2.24) is 10.3 Å². The van der Waals surface area contributed by atoms with Crippen LogP contribution in [-0.2, 0) is 0 Å². The van der Waals surface area contributed by atoms with Gasteiger partial charge in [0.1, 0.15) is 12.1 Å². The minimum atomic E-state index is -0.0247. The molecule has 0 unspecified atom stereocenters. The third-order valence-corrected chi connectivity index (χ3v) is 5.58. The predicted molar refractivity (Wildman–Crippen MR) is 138 cm³/mol. The summed E-state index contributed by atoms with van der Waals surface area (Å²) in [4.78, 5) is 31.5. The van der Waals surface area contributed by atoms with Gasteiger partial charge in [0.25, 0.3) is 5.91 Å². The van der Waals surface area contributed by atoms with Gasteiger partial charge in [0.15, 0.2) is 0 Å². The molecule has 0 saturated heterocycles.